The molecule has 1 amide bonds. The number of carbonyl (C=O) groups excluding carboxylic acids is 1. The first-order chi connectivity index (χ1) is 5.88. The third-order valence-electron chi connectivity index (χ3n) is 2.20. The van der Waals surface area contributed by atoms with Gasteiger partial charge in [-0.3, -0.25) is 9.63 Å². The Morgan fingerprint density at radius 3 is 2.31 bits per heavy atom. The van der Waals surface area contributed by atoms with Crippen molar-refractivity contribution in [3.8, 4) is 0 Å². The molecular weight excluding hydrogens is 166 g/mol. The standard InChI is InChI=1S/C10H19NO2/c1-7-5-8(6-7)9(12)11-13-10(2,3)4/h7-8H,5-6H2,1-4H3,(H,11,12). The van der Waals surface area contributed by atoms with Gasteiger partial charge in [-0.05, 0) is 39.5 Å². The molecule has 1 aliphatic carbocycles. The van der Waals surface area contributed by atoms with Crippen LogP contribution in [0.2, 0.25) is 0 Å². The molecule has 1 rings (SSSR count). The molecule has 0 aromatic carbocycles. The van der Waals surface area contributed by atoms with Gasteiger partial charge in [-0.1, -0.05) is 6.92 Å². The van der Waals surface area contributed by atoms with Gasteiger partial charge in [-0.25, -0.2) is 5.48 Å². The summed E-state index contributed by atoms with van der Waals surface area (Å²) in [6.07, 6.45) is 2.00. The maximum Gasteiger partial charge on any atom is 0.246 e. The van der Waals surface area contributed by atoms with Crippen molar-refractivity contribution in [3.63, 3.8) is 0 Å². The maximum atomic E-state index is 11.4. The van der Waals surface area contributed by atoms with Crippen LogP contribution in [0.25, 0.3) is 0 Å². The highest BCUT2D eigenvalue weighted by Crippen LogP contribution is 2.32. The second-order valence-electron chi connectivity index (χ2n) is 4.95. The van der Waals surface area contributed by atoms with E-state index < -0.39 is 0 Å². The molecule has 13 heavy (non-hydrogen) atoms. The van der Waals surface area contributed by atoms with Gasteiger partial charge < -0.3 is 0 Å². The fourth-order valence-electron chi connectivity index (χ4n) is 1.40. The zero-order valence-electron chi connectivity index (χ0n) is 8.89. The second-order valence-corrected chi connectivity index (χ2v) is 4.95. The lowest BCUT2D eigenvalue weighted by Gasteiger charge is -2.32. The molecular formula is C10H19NO2. The molecule has 0 aromatic heterocycles. The van der Waals surface area contributed by atoms with Gasteiger partial charge in [-0.15, -0.1) is 0 Å². The Morgan fingerprint density at radius 1 is 1.38 bits per heavy atom. The molecule has 0 heterocycles. The largest absolute Gasteiger partial charge is 0.272 e. The molecule has 0 saturated heterocycles. The number of nitrogens with one attached hydrogen (secondary N) is 1. The molecule has 0 aliphatic heterocycles. The number of hydrogen-bond acceptors (Lipinski definition) is 2. The lowest BCUT2D eigenvalue weighted by atomic mass is 9.76. The van der Waals surface area contributed by atoms with Crippen LogP contribution in [0.15, 0.2) is 0 Å². The molecule has 0 radical (unpaired) electrons. The predicted octanol–water partition coefficient (Wildman–Crippen LogP) is 1.88. The highest BCUT2D eigenvalue weighted by molar-refractivity contribution is 5.78. The second kappa shape index (κ2) is 3.66. The molecule has 0 atom stereocenters. The van der Waals surface area contributed by atoms with E-state index in [4.69, 9.17) is 4.84 Å². The van der Waals surface area contributed by atoms with E-state index in [9.17, 15) is 4.79 Å². The Balaban J connectivity index is 2.19. The fourth-order valence-corrected chi connectivity index (χ4v) is 1.40. The fraction of sp³-hybridized carbons (Fsp3) is 0.900. The highest BCUT2D eigenvalue weighted by Gasteiger charge is 2.32. The topological polar surface area (TPSA) is 38.3 Å². The van der Waals surface area contributed by atoms with E-state index in [1.807, 2.05) is 20.8 Å². The SMILES string of the molecule is CC1CC(C(=O)NOC(C)(C)C)C1. The summed E-state index contributed by atoms with van der Waals surface area (Å²) in [6.45, 7) is 7.90. The quantitative estimate of drug-likeness (QED) is 0.667. The van der Waals surface area contributed by atoms with Gasteiger partial charge in [0.1, 0.15) is 0 Å². The van der Waals surface area contributed by atoms with Gasteiger partial charge in [0.25, 0.3) is 0 Å². The molecule has 76 valence electrons. The lowest BCUT2D eigenvalue weighted by Crippen LogP contribution is -2.41. The van der Waals surface area contributed by atoms with Gasteiger partial charge >= 0.3 is 0 Å². The minimum atomic E-state index is -0.301. The van der Waals surface area contributed by atoms with Crippen LogP contribution in [0.1, 0.15) is 40.5 Å². The summed E-state index contributed by atoms with van der Waals surface area (Å²) in [4.78, 5) is 16.6. The van der Waals surface area contributed by atoms with Gasteiger partial charge in [-0.2, -0.15) is 0 Å². The Labute approximate surface area is 79.8 Å². The Morgan fingerprint density at radius 2 is 1.92 bits per heavy atom. The van der Waals surface area contributed by atoms with E-state index >= 15 is 0 Å². The molecule has 1 aliphatic rings. The summed E-state index contributed by atoms with van der Waals surface area (Å²) in [5.74, 6) is 0.913. The van der Waals surface area contributed by atoms with Crippen molar-refractivity contribution >= 4 is 5.91 Å². The summed E-state index contributed by atoms with van der Waals surface area (Å²) in [5.41, 5.74) is 2.21. The van der Waals surface area contributed by atoms with Crippen LogP contribution in [-0.2, 0) is 9.63 Å². The first-order valence-corrected chi connectivity index (χ1v) is 4.86. The summed E-state index contributed by atoms with van der Waals surface area (Å²) >= 11 is 0. The van der Waals surface area contributed by atoms with Crippen molar-refractivity contribution in [1.29, 1.82) is 0 Å². The van der Waals surface area contributed by atoms with Crippen LogP contribution in [0.3, 0.4) is 0 Å². The van der Waals surface area contributed by atoms with Gasteiger partial charge in [0.15, 0.2) is 0 Å². The van der Waals surface area contributed by atoms with E-state index in [1.54, 1.807) is 0 Å². The molecule has 0 bridgehead atoms. The third-order valence-corrected chi connectivity index (χ3v) is 2.20. The zero-order chi connectivity index (χ0) is 10.1. The van der Waals surface area contributed by atoms with Crippen LogP contribution in [0.4, 0.5) is 0 Å². The molecule has 3 nitrogen and oxygen atoms in total. The molecule has 1 saturated carbocycles. The van der Waals surface area contributed by atoms with Crippen molar-refractivity contribution < 1.29 is 9.63 Å². The average molecular weight is 185 g/mol. The van der Waals surface area contributed by atoms with E-state index in [0.717, 1.165) is 12.8 Å². The number of hydroxylamine groups is 1. The van der Waals surface area contributed by atoms with Crippen molar-refractivity contribution in [3.05, 3.63) is 0 Å². The lowest BCUT2D eigenvalue weighted by molar-refractivity contribution is -0.153. The molecule has 1 N–H and O–H groups in total. The summed E-state index contributed by atoms with van der Waals surface area (Å²) in [6, 6.07) is 0. The number of rotatable bonds is 2. The normalized spacial score (nSPS) is 28.0. The molecule has 1 fully saturated rings. The Bertz CT molecular complexity index is 190. The summed E-state index contributed by atoms with van der Waals surface area (Å²) in [7, 11) is 0. The monoisotopic (exact) mass is 185 g/mol. The van der Waals surface area contributed by atoms with E-state index in [2.05, 4.69) is 12.4 Å². The van der Waals surface area contributed by atoms with E-state index in [1.165, 1.54) is 0 Å². The maximum absolute atomic E-state index is 11.4. The summed E-state index contributed by atoms with van der Waals surface area (Å²) < 4.78 is 0. The first-order valence-electron chi connectivity index (χ1n) is 4.86. The number of amides is 1. The Hall–Kier alpha value is -0.570. The van der Waals surface area contributed by atoms with Gasteiger partial charge in [0.05, 0.1) is 5.60 Å². The van der Waals surface area contributed by atoms with Gasteiger partial charge in [0, 0.05) is 5.92 Å². The van der Waals surface area contributed by atoms with E-state index in [0.29, 0.717) is 5.92 Å². The minimum absolute atomic E-state index is 0.0352. The van der Waals surface area contributed by atoms with E-state index in [-0.39, 0.29) is 17.4 Å². The van der Waals surface area contributed by atoms with Crippen molar-refractivity contribution in [2.75, 3.05) is 0 Å². The molecule has 0 spiro atoms. The minimum Gasteiger partial charge on any atom is -0.272 e. The number of hydrogen-bond donors (Lipinski definition) is 1. The average Bonchev–Trinajstić information content (AvgIpc) is 1.93. The highest BCUT2D eigenvalue weighted by atomic mass is 16.7. The van der Waals surface area contributed by atoms with Crippen molar-refractivity contribution in [1.82, 2.24) is 5.48 Å². The third kappa shape index (κ3) is 3.35. The van der Waals surface area contributed by atoms with Crippen molar-refractivity contribution in [2.45, 2.75) is 46.1 Å². The smallest absolute Gasteiger partial charge is 0.246 e. The molecule has 0 unspecified atom stereocenters. The van der Waals surface area contributed by atoms with Crippen LogP contribution in [-0.4, -0.2) is 11.5 Å². The van der Waals surface area contributed by atoms with Crippen LogP contribution < -0.4 is 5.48 Å². The predicted molar refractivity (Wildman–Crippen MR) is 50.9 cm³/mol. The van der Waals surface area contributed by atoms with Crippen molar-refractivity contribution in [2.24, 2.45) is 11.8 Å². The van der Waals surface area contributed by atoms with Crippen LogP contribution in [0.5, 0.6) is 0 Å². The van der Waals surface area contributed by atoms with Crippen LogP contribution in [0, 0.1) is 11.8 Å². The summed E-state index contributed by atoms with van der Waals surface area (Å²) in [5, 5.41) is 0. The van der Waals surface area contributed by atoms with Crippen LogP contribution >= 0.6 is 0 Å². The number of carbonyl (C=O) groups is 1. The molecule has 0 aromatic rings. The zero-order valence-corrected chi connectivity index (χ0v) is 8.89. The Kier molecular flexibility index (Phi) is 2.96. The van der Waals surface area contributed by atoms with Gasteiger partial charge in [0.2, 0.25) is 5.91 Å². The molecule has 3 heteroatoms. The first kappa shape index (κ1) is 10.5.